The Hall–Kier alpha value is -0.450. The minimum absolute atomic E-state index is 0.623. The minimum atomic E-state index is 0.623. The molecule has 1 aliphatic heterocycles. The van der Waals surface area contributed by atoms with Gasteiger partial charge < -0.3 is 5.32 Å². The first-order chi connectivity index (χ1) is 9.58. The third-order valence-corrected chi connectivity index (χ3v) is 4.42. The fourth-order valence-corrected chi connectivity index (χ4v) is 3.44. The summed E-state index contributed by atoms with van der Waals surface area (Å²) in [5.74, 6) is 0.750. The van der Waals surface area contributed by atoms with Gasteiger partial charge >= 0.3 is 0 Å². The topological polar surface area (TPSA) is 28.2 Å². The SMILES string of the molecule is CCC1CNC(CC(C)C)CN1Cc1cncc(Br)c1. The fourth-order valence-electron chi connectivity index (χ4n) is 3.03. The zero-order valence-electron chi connectivity index (χ0n) is 12.8. The molecule has 2 atom stereocenters. The predicted molar refractivity (Wildman–Crippen MR) is 87.7 cm³/mol. The smallest absolute Gasteiger partial charge is 0.0410 e. The molecule has 0 spiro atoms. The number of rotatable bonds is 5. The molecule has 0 radical (unpaired) electrons. The quantitative estimate of drug-likeness (QED) is 0.890. The highest BCUT2D eigenvalue weighted by atomic mass is 79.9. The highest BCUT2D eigenvalue weighted by molar-refractivity contribution is 9.10. The van der Waals surface area contributed by atoms with Crippen LogP contribution in [0.15, 0.2) is 22.9 Å². The van der Waals surface area contributed by atoms with E-state index in [4.69, 9.17) is 0 Å². The first-order valence-corrected chi connectivity index (χ1v) is 8.44. The van der Waals surface area contributed by atoms with E-state index in [-0.39, 0.29) is 0 Å². The van der Waals surface area contributed by atoms with Gasteiger partial charge in [0.1, 0.15) is 0 Å². The van der Waals surface area contributed by atoms with Crippen LogP contribution in [0.4, 0.5) is 0 Å². The van der Waals surface area contributed by atoms with Crippen molar-refractivity contribution in [1.29, 1.82) is 0 Å². The van der Waals surface area contributed by atoms with Gasteiger partial charge in [-0.2, -0.15) is 0 Å². The second kappa shape index (κ2) is 7.53. The molecule has 1 saturated heterocycles. The van der Waals surface area contributed by atoms with Crippen LogP contribution in [-0.2, 0) is 6.54 Å². The van der Waals surface area contributed by atoms with Crippen LogP contribution in [0.2, 0.25) is 0 Å². The van der Waals surface area contributed by atoms with Crippen molar-refractivity contribution < 1.29 is 0 Å². The van der Waals surface area contributed by atoms with E-state index in [0.717, 1.165) is 30.0 Å². The molecule has 1 fully saturated rings. The Labute approximate surface area is 131 Å². The molecule has 112 valence electrons. The van der Waals surface area contributed by atoms with Gasteiger partial charge in [0.15, 0.2) is 0 Å². The second-order valence-electron chi connectivity index (χ2n) is 6.24. The lowest BCUT2D eigenvalue weighted by atomic mass is 9.98. The molecule has 4 heteroatoms. The number of halogens is 1. The van der Waals surface area contributed by atoms with E-state index in [0.29, 0.717) is 12.1 Å². The lowest BCUT2D eigenvalue weighted by Crippen LogP contribution is -2.56. The van der Waals surface area contributed by atoms with Crippen molar-refractivity contribution in [2.45, 2.75) is 52.2 Å². The largest absolute Gasteiger partial charge is 0.311 e. The average molecular weight is 340 g/mol. The van der Waals surface area contributed by atoms with Crippen LogP contribution in [0.1, 0.15) is 39.2 Å². The number of nitrogens with one attached hydrogen (secondary N) is 1. The molecule has 0 saturated carbocycles. The Balaban J connectivity index is 2.01. The summed E-state index contributed by atoms with van der Waals surface area (Å²) in [5, 5.41) is 3.71. The maximum Gasteiger partial charge on any atom is 0.0410 e. The number of hydrogen-bond acceptors (Lipinski definition) is 3. The predicted octanol–water partition coefficient (Wildman–Crippen LogP) is 3.44. The summed E-state index contributed by atoms with van der Waals surface area (Å²) in [7, 11) is 0. The molecule has 1 aromatic rings. The van der Waals surface area contributed by atoms with Gasteiger partial charge in [-0.1, -0.05) is 20.8 Å². The Bertz CT molecular complexity index is 422. The summed E-state index contributed by atoms with van der Waals surface area (Å²) in [6.45, 7) is 10.1. The Morgan fingerprint density at radius 1 is 1.45 bits per heavy atom. The molecule has 3 nitrogen and oxygen atoms in total. The molecule has 2 rings (SSSR count). The summed E-state index contributed by atoms with van der Waals surface area (Å²) >= 11 is 3.51. The van der Waals surface area contributed by atoms with Gasteiger partial charge in [0.25, 0.3) is 0 Å². The third kappa shape index (κ3) is 4.54. The van der Waals surface area contributed by atoms with Gasteiger partial charge in [-0.3, -0.25) is 9.88 Å². The Morgan fingerprint density at radius 3 is 2.90 bits per heavy atom. The second-order valence-corrected chi connectivity index (χ2v) is 7.15. The van der Waals surface area contributed by atoms with E-state index in [1.165, 1.54) is 18.4 Å². The number of pyridine rings is 1. The van der Waals surface area contributed by atoms with E-state index < -0.39 is 0 Å². The van der Waals surface area contributed by atoms with E-state index in [2.05, 4.69) is 58.0 Å². The van der Waals surface area contributed by atoms with E-state index in [1.54, 1.807) is 0 Å². The molecule has 2 unspecified atom stereocenters. The van der Waals surface area contributed by atoms with Gasteiger partial charge in [-0.25, -0.2) is 0 Å². The lowest BCUT2D eigenvalue weighted by molar-refractivity contribution is 0.111. The highest BCUT2D eigenvalue weighted by Crippen LogP contribution is 2.19. The molecular weight excluding hydrogens is 314 g/mol. The molecule has 2 heterocycles. The van der Waals surface area contributed by atoms with Gasteiger partial charge in [0.2, 0.25) is 0 Å². The van der Waals surface area contributed by atoms with Gasteiger partial charge in [0.05, 0.1) is 0 Å². The molecule has 1 aromatic heterocycles. The minimum Gasteiger partial charge on any atom is -0.311 e. The number of hydrogen-bond donors (Lipinski definition) is 1. The monoisotopic (exact) mass is 339 g/mol. The van der Waals surface area contributed by atoms with Crippen molar-refractivity contribution in [3.63, 3.8) is 0 Å². The molecular formula is C16H26BrN3. The van der Waals surface area contributed by atoms with E-state index in [1.807, 2.05) is 12.4 Å². The zero-order valence-corrected chi connectivity index (χ0v) is 14.4. The maximum atomic E-state index is 4.28. The molecule has 1 aliphatic rings. The van der Waals surface area contributed by atoms with E-state index in [9.17, 15) is 0 Å². The van der Waals surface area contributed by atoms with Crippen LogP contribution in [0.3, 0.4) is 0 Å². The normalized spacial score (nSPS) is 24.2. The summed E-state index contributed by atoms with van der Waals surface area (Å²) in [5.41, 5.74) is 1.29. The molecule has 0 aromatic carbocycles. The van der Waals surface area contributed by atoms with Crippen LogP contribution < -0.4 is 5.32 Å². The molecule has 1 N–H and O–H groups in total. The summed E-state index contributed by atoms with van der Waals surface area (Å²) < 4.78 is 1.07. The first kappa shape index (κ1) is 15.9. The molecule has 20 heavy (non-hydrogen) atoms. The third-order valence-electron chi connectivity index (χ3n) is 3.99. The van der Waals surface area contributed by atoms with Crippen LogP contribution in [0.25, 0.3) is 0 Å². The number of piperazine rings is 1. The first-order valence-electron chi connectivity index (χ1n) is 7.65. The zero-order chi connectivity index (χ0) is 14.5. The van der Waals surface area contributed by atoms with Crippen molar-refractivity contribution >= 4 is 15.9 Å². The highest BCUT2D eigenvalue weighted by Gasteiger charge is 2.27. The van der Waals surface area contributed by atoms with Crippen molar-refractivity contribution in [2.75, 3.05) is 13.1 Å². The van der Waals surface area contributed by atoms with Crippen molar-refractivity contribution in [1.82, 2.24) is 15.2 Å². The van der Waals surface area contributed by atoms with Crippen LogP contribution in [0.5, 0.6) is 0 Å². The maximum absolute atomic E-state index is 4.28. The summed E-state index contributed by atoms with van der Waals surface area (Å²) in [6.07, 6.45) is 6.28. The van der Waals surface area contributed by atoms with Gasteiger partial charge in [0, 0.05) is 48.6 Å². The van der Waals surface area contributed by atoms with Crippen LogP contribution in [-0.4, -0.2) is 35.1 Å². The molecule has 0 amide bonds. The molecule has 0 aliphatic carbocycles. The number of nitrogens with zero attached hydrogens (tertiary/aromatic N) is 2. The van der Waals surface area contributed by atoms with E-state index >= 15 is 0 Å². The Morgan fingerprint density at radius 2 is 2.25 bits per heavy atom. The van der Waals surface area contributed by atoms with Crippen molar-refractivity contribution in [3.8, 4) is 0 Å². The van der Waals surface area contributed by atoms with Crippen LogP contribution >= 0.6 is 15.9 Å². The molecule has 0 bridgehead atoms. The van der Waals surface area contributed by atoms with Crippen LogP contribution in [0, 0.1) is 5.92 Å². The fraction of sp³-hybridized carbons (Fsp3) is 0.688. The van der Waals surface area contributed by atoms with Crippen molar-refractivity contribution in [2.24, 2.45) is 5.92 Å². The van der Waals surface area contributed by atoms with Gasteiger partial charge in [-0.15, -0.1) is 0 Å². The summed E-state index contributed by atoms with van der Waals surface area (Å²) in [4.78, 5) is 6.90. The summed E-state index contributed by atoms with van der Waals surface area (Å²) in [6, 6.07) is 3.44. The Kier molecular flexibility index (Phi) is 6.00. The number of aromatic nitrogens is 1. The standard InChI is InChI=1S/C16H26BrN3/c1-4-16-9-19-15(5-12(2)3)11-20(16)10-13-6-14(17)8-18-7-13/h6-8,12,15-16,19H,4-5,9-11H2,1-3H3. The van der Waals surface area contributed by atoms with Crippen molar-refractivity contribution in [3.05, 3.63) is 28.5 Å². The van der Waals surface area contributed by atoms with Gasteiger partial charge in [-0.05, 0) is 46.3 Å². The average Bonchev–Trinajstić information content (AvgIpc) is 2.38. The lowest BCUT2D eigenvalue weighted by Gasteiger charge is -2.40.